The predicted octanol–water partition coefficient (Wildman–Crippen LogP) is 2.75. The summed E-state index contributed by atoms with van der Waals surface area (Å²) in [6, 6.07) is 2.28. The molecule has 1 fully saturated rings. The highest BCUT2D eigenvalue weighted by Crippen LogP contribution is 2.34. The molecule has 1 saturated heterocycles. The van der Waals surface area contributed by atoms with Crippen molar-refractivity contribution in [3.63, 3.8) is 0 Å². The van der Waals surface area contributed by atoms with Crippen LogP contribution in [0, 0.1) is 19.7 Å². The topological polar surface area (TPSA) is 97.5 Å². The first-order valence-corrected chi connectivity index (χ1v) is 10.00. The molecule has 2 aromatic rings. The van der Waals surface area contributed by atoms with E-state index in [9.17, 15) is 18.8 Å². The summed E-state index contributed by atoms with van der Waals surface area (Å²) in [5.74, 6) is -1.34. The number of aromatic amines is 1. The molecule has 2 aliphatic rings. The van der Waals surface area contributed by atoms with Gasteiger partial charge in [-0.2, -0.15) is 0 Å². The summed E-state index contributed by atoms with van der Waals surface area (Å²) in [5.41, 5.74) is 3.02. The van der Waals surface area contributed by atoms with E-state index in [4.69, 9.17) is 8.22 Å². The van der Waals surface area contributed by atoms with Crippen LogP contribution in [0.4, 0.5) is 14.9 Å². The number of H-pyrrole nitrogens is 1. The van der Waals surface area contributed by atoms with Crippen LogP contribution in [-0.2, 0) is 4.79 Å². The maximum Gasteiger partial charge on any atom is 0.319 e. The summed E-state index contributed by atoms with van der Waals surface area (Å²) in [7, 11) is 0. The highest BCUT2D eigenvalue weighted by molar-refractivity contribution is 6.34. The van der Waals surface area contributed by atoms with Gasteiger partial charge in [0.25, 0.3) is 11.8 Å². The third-order valence-corrected chi connectivity index (χ3v) is 5.74. The monoisotopic (exact) mass is 445 g/mol. The zero-order valence-corrected chi connectivity index (χ0v) is 17.5. The second-order valence-electron chi connectivity index (χ2n) is 7.89. The molecule has 32 heavy (non-hydrogen) atoms. The number of halogens is 1. The lowest BCUT2D eigenvalue weighted by Gasteiger charge is -2.21. The average molecular weight is 446 g/mol. The lowest BCUT2D eigenvalue weighted by molar-refractivity contribution is -0.110. The summed E-state index contributed by atoms with van der Waals surface area (Å²) in [6.07, 6.45) is 1.85. The molecule has 1 aromatic carbocycles. The van der Waals surface area contributed by atoms with Gasteiger partial charge >= 0.3 is 6.03 Å². The molecule has 0 unspecified atom stereocenters. The van der Waals surface area contributed by atoms with Crippen LogP contribution < -0.4 is 10.6 Å². The van der Waals surface area contributed by atoms with Gasteiger partial charge in [0, 0.05) is 63.9 Å². The zero-order valence-electron chi connectivity index (χ0n) is 23.5. The first-order chi connectivity index (χ1) is 17.6. The number of rotatable bonds is 3. The fraction of sp³-hybridized carbons (Fsp3) is 0.348. The molecule has 1 atom stereocenters. The molecule has 0 aliphatic carbocycles. The van der Waals surface area contributed by atoms with Crippen molar-refractivity contribution in [1.29, 1.82) is 0 Å². The van der Waals surface area contributed by atoms with Gasteiger partial charge in [0.15, 0.2) is 0 Å². The number of urea groups is 1. The smallest absolute Gasteiger partial charge is 0.319 e. The van der Waals surface area contributed by atoms with Gasteiger partial charge in [-0.05, 0) is 50.1 Å². The molecule has 9 heteroatoms. The Bertz CT molecular complexity index is 1340. The van der Waals surface area contributed by atoms with Crippen LogP contribution in [0.5, 0.6) is 0 Å². The van der Waals surface area contributed by atoms with E-state index < -0.39 is 43.7 Å². The van der Waals surface area contributed by atoms with E-state index in [0.717, 1.165) is 4.90 Å². The number of nitrogens with one attached hydrogen (secondary N) is 3. The molecule has 4 rings (SSSR count). The third kappa shape index (κ3) is 3.86. The number of fused-ring (bicyclic) bond motifs is 1. The van der Waals surface area contributed by atoms with Crippen molar-refractivity contribution < 1.29 is 27.0 Å². The van der Waals surface area contributed by atoms with Crippen molar-refractivity contribution in [1.82, 2.24) is 20.1 Å². The Kier molecular flexibility index (Phi) is 3.87. The number of nitrogens with zero attached hydrogens (tertiary/aromatic N) is 2. The summed E-state index contributed by atoms with van der Waals surface area (Å²) in [6.45, 7) is -2.93. The van der Waals surface area contributed by atoms with Gasteiger partial charge in [-0.3, -0.25) is 9.59 Å². The lowest BCUT2D eigenvalue weighted by Crippen LogP contribution is -2.41. The van der Waals surface area contributed by atoms with E-state index in [-0.39, 0.29) is 23.6 Å². The Morgan fingerprint density at radius 3 is 2.88 bits per heavy atom. The van der Waals surface area contributed by atoms with E-state index in [1.807, 2.05) is 0 Å². The van der Waals surface area contributed by atoms with Crippen molar-refractivity contribution in [2.45, 2.75) is 26.3 Å². The number of anilines is 1. The molecule has 0 spiro atoms. The van der Waals surface area contributed by atoms with Gasteiger partial charge in [-0.15, -0.1) is 0 Å². The molecule has 0 radical (unpaired) electrons. The van der Waals surface area contributed by atoms with Gasteiger partial charge in [0.05, 0.1) is 11.1 Å². The number of aromatic nitrogens is 1. The Morgan fingerprint density at radius 2 is 2.12 bits per heavy atom. The van der Waals surface area contributed by atoms with Gasteiger partial charge < -0.3 is 25.4 Å². The van der Waals surface area contributed by atoms with Gasteiger partial charge in [0.1, 0.15) is 5.82 Å². The number of amides is 4. The molecule has 2 aliphatic heterocycles. The first-order valence-electron chi connectivity index (χ1n) is 13.0. The second kappa shape index (κ2) is 8.14. The fourth-order valence-electron chi connectivity index (χ4n) is 4.16. The van der Waals surface area contributed by atoms with Crippen molar-refractivity contribution >= 4 is 35.2 Å². The first kappa shape index (κ1) is 15.2. The minimum atomic E-state index is -3.16. The summed E-state index contributed by atoms with van der Waals surface area (Å²) in [5, 5.41) is 5.49. The number of benzene rings is 1. The molecule has 0 bridgehead atoms. The van der Waals surface area contributed by atoms with E-state index in [1.54, 1.807) is 19.9 Å². The number of likely N-dealkylation sites (tertiary alicyclic amines) is 1. The van der Waals surface area contributed by atoms with E-state index in [1.165, 1.54) is 18.2 Å². The zero-order chi connectivity index (χ0) is 28.2. The number of hydrogen-bond acceptors (Lipinski definition) is 3. The molecule has 3 heterocycles. The lowest BCUT2D eigenvalue weighted by atomic mass is 10.0. The molecule has 1 aromatic heterocycles. The predicted molar refractivity (Wildman–Crippen MR) is 120 cm³/mol. The Morgan fingerprint density at radius 1 is 1.34 bits per heavy atom. The summed E-state index contributed by atoms with van der Waals surface area (Å²) >= 11 is 0. The van der Waals surface area contributed by atoms with Crippen LogP contribution in [0.2, 0.25) is 0 Å². The normalized spacial score (nSPS) is 22.2. The maximum atomic E-state index is 13.8. The SMILES string of the molecule is [2H]C([2H])([2H])N(C(=O)N1CC[C@H](NC(=O)c2c(C)[nH]c(C=C3C(=O)Nc4ccc(F)cc43)c2C)C1)C([2H])([2H])[2H]. The fourth-order valence-corrected chi connectivity index (χ4v) is 4.16. The van der Waals surface area contributed by atoms with Crippen molar-refractivity contribution in [2.24, 2.45) is 0 Å². The minimum Gasteiger partial charge on any atom is -0.358 e. The molecule has 4 amide bonds. The number of hydrogen-bond donors (Lipinski definition) is 3. The number of aryl methyl sites for hydroxylation is 1. The van der Waals surface area contributed by atoms with Gasteiger partial charge in [-0.1, -0.05) is 0 Å². The van der Waals surface area contributed by atoms with Crippen LogP contribution in [0.1, 0.15) is 47.5 Å². The second-order valence-corrected chi connectivity index (χ2v) is 7.89. The largest absolute Gasteiger partial charge is 0.358 e. The summed E-state index contributed by atoms with van der Waals surface area (Å²) in [4.78, 5) is 42.4. The minimum absolute atomic E-state index is 0.0603. The summed E-state index contributed by atoms with van der Waals surface area (Å²) < 4.78 is 58.4. The van der Waals surface area contributed by atoms with Crippen LogP contribution >= 0.6 is 0 Å². The van der Waals surface area contributed by atoms with E-state index >= 15 is 0 Å². The highest BCUT2D eigenvalue weighted by Gasteiger charge is 2.30. The van der Waals surface area contributed by atoms with Crippen LogP contribution in [0.15, 0.2) is 18.2 Å². The van der Waals surface area contributed by atoms with Gasteiger partial charge in [-0.25, -0.2) is 9.18 Å². The van der Waals surface area contributed by atoms with Gasteiger partial charge in [0.2, 0.25) is 0 Å². The molecule has 0 saturated carbocycles. The Labute approximate surface area is 193 Å². The average Bonchev–Trinajstić information content (AvgIpc) is 3.43. The maximum absolute atomic E-state index is 13.8. The molecule has 168 valence electrons. The third-order valence-electron chi connectivity index (χ3n) is 5.74. The van der Waals surface area contributed by atoms with Crippen LogP contribution in [0.25, 0.3) is 11.6 Å². The molecular weight excluding hydrogens is 413 g/mol. The van der Waals surface area contributed by atoms with E-state index in [2.05, 4.69) is 15.6 Å². The van der Waals surface area contributed by atoms with Crippen molar-refractivity contribution in [3.8, 4) is 0 Å². The van der Waals surface area contributed by atoms with E-state index in [0.29, 0.717) is 40.2 Å². The molecule has 8 nitrogen and oxygen atoms in total. The molecular formula is C23H26FN5O3. The van der Waals surface area contributed by atoms with Crippen molar-refractivity contribution in [3.05, 3.63) is 52.1 Å². The Hall–Kier alpha value is -3.62. The number of carbonyl (C=O) groups excluding carboxylic acids is 3. The number of carbonyl (C=O) groups is 3. The van der Waals surface area contributed by atoms with Crippen LogP contribution in [0.3, 0.4) is 0 Å². The van der Waals surface area contributed by atoms with Crippen molar-refractivity contribution in [2.75, 3.05) is 32.4 Å². The standard InChI is InChI=1S/C23H26FN5O3/c1-12-19(10-17-16-9-14(24)5-6-18(16)27-21(17)30)25-13(2)20(12)22(31)26-15-7-8-29(11-15)23(32)28(3)4/h5-6,9-10,15,25H,7-8,11H2,1-4H3,(H,26,31)(H,27,30)/t15-/m0/s1/i3D3,4D3. The highest BCUT2D eigenvalue weighted by atomic mass is 19.1. The quantitative estimate of drug-likeness (QED) is 0.634. The van der Waals surface area contributed by atoms with Crippen LogP contribution in [-0.4, -0.2) is 65.7 Å². The Balaban J connectivity index is 1.50. The molecule has 3 N–H and O–H groups in total.